The summed E-state index contributed by atoms with van der Waals surface area (Å²) in [6.45, 7) is 6.94. The van der Waals surface area contributed by atoms with E-state index in [1.54, 1.807) is 17.0 Å². The van der Waals surface area contributed by atoms with Crippen LogP contribution < -0.4 is 4.74 Å². The summed E-state index contributed by atoms with van der Waals surface area (Å²) in [5.74, 6) is 0.704. The molecule has 1 amide bonds. The largest absolute Gasteiger partial charge is 0.490 e. The molecule has 1 aliphatic heterocycles. The number of nitrogens with zero attached hydrogens (tertiary/aromatic N) is 1. The molecule has 0 N–H and O–H groups in total. The summed E-state index contributed by atoms with van der Waals surface area (Å²) < 4.78 is 11.4. The summed E-state index contributed by atoms with van der Waals surface area (Å²) in [7, 11) is 0. The van der Waals surface area contributed by atoms with Crippen molar-refractivity contribution in [1.29, 1.82) is 0 Å². The van der Waals surface area contributed by atoms with Gasteiger partial charge < -0.3 is 14.4 Å². The van der Waals surface area contributed by atoms with Gasteiger partial charge in [0.25, 0.3) is 0 Å². The zero-order valence-corrected chi connectivity index (χ0v) is 15.3. The Morgan fingerprint density at radius 1 is 1.17 bits per heavy atom. The number of hydrogen-bond donors (Lipinski definition) is 0. The molecule has 0 radical (unpaired) electrons. The fourth-order valence-corrected chi connectivity index (χ4v) is 2.72. The number of hydrogen-bond acceptors (Lipinski definition) is 3. The van der Waals surface area contributed by atoms with E-state index < -0.39 is 5.60 Å². The molecule has 1 heterocycles. The first-order valence-corrected chi connectivity index (χ1v) is 8.60. The van der Waals surface area contributed by atoms with Crippen molar-refractivity contribution >= 4 is 29.3 Å². The molecule has 128 valence electrons. The number of halogens is 2. The quantitative estimate of drug-likeness (QED) is 0.731. The molecule has 1 fully saturated rings. The first-order chi connectivity index (χ1) is 10.7. The Hall–Kier alpha value is -1.13. The maximum absolute atomic E-state index is 12.1. The van der Waals surface area contributed by atoms with Crippen molar-refractivity contribution in [2.45, 2.75) is 51.7 Å². The van der Waals surface area contributed by atoms with Gasteiger partial charge in [-0.3, -0.25) is 0 Å². The van der Waals surface area contributed by atoms with Crippen molar-refractivity contribution < 1.29 is 14.3 Å². The number of rotatable bonds is 2. The second kappa shape index (κ2) is 7.63. The van der Waals surface area contributed by atoms with E-state index in [1.165, 1.54) is 0 Å². The van der Waals surface area contributed by atoms with E-state index in [1.807, 2.05) is 26.8 Å². The van der Waals surface area contributed by atoms with Gasteiger partial charge >= 0.3 is 6.09 Å². The fraction of sp³-hybridized carbons (Fsp3) is 0.588. The van der Waals surface area contributed by atoms with Gasteiger partial charge in [-0.2, -0.15) is 0 Å². The summed E-state index contributed by atoms with van der Waals surface area (Å²) in [5.41, 5.74) is -0.473. The van der Waals surface area contributed by atoms with Crippen molar-refractivity contribution in [2.24, 2.45) is 0 Å². The van der Waals surface area contributed by atoms with Crippen LogP contribution in [0.3, 0.4) is 0 Å². The second-order valence-corrected chi connectivity index (χ2v) is 7.53. The van der Waals surface area contributed by atoms with E-state index in [2.05, 4.69) is 0 Å². The molecule has 1 aromatic rings. The van der Waals surface area contributed by atoms with Crippen LogP contribution in [0.2, 0.25) is 10.0 Å². The van der Waals surface area contributed by atoms with E-state index >= 15 is 0 Å². The third-order valence-electron chi connectivity index (χ3n) is 3.52. The maximum Gasteiger partial charge on any atom is 0.410 e. The Labute approximate surface area is 147 Å². The Bertz CT molecular complexity index is 557. The average molecular weight is 360 g/mol. The minimum Gasteiger partial charge on any atom is -0.490 e. The molecule has 6 heteroatoms. The van der Waals surface area contributed by atoms with Crippen LogP contribution in [0.4, 0.5) is 4.79 Å². The summed E-state index contributed by atoms with van der Waals surface area (Å²) in [5, 5.41) is 0.990. The molecule has 1 saturated heterocycles. The Kier molecular flexibility index (Phi) is 6.04. The van der Waals surface area contributed by atoms with Crippen LogP contribution in [0.5, 0.6) is 5.75 Å². The second-order valence-electron chi connectivity index (χ2n) is 6.71. The summed E-state index contributed by atoms with van der Waals surface area (Å²) >= 11 is 11.9. The van der Waals surface area contributed by atoms with Gasteiger partial charge in [-0.25, -0.2) is 4.79 Å². The van der Waals surface area contributed by atoms with Crippen LogP contribution in [-0.4, -0.2) is 35.8 Å². The molecule has 4 nitrogen and oxygen atoms in total. The average Bonchev–Trinajstić information content (AvgIpc) is 2.67. The topological polar surface area (TPSA) is 38.8 Å². The van der Waals surface area contributed by atoms with E-state index in [0.29, 0.717) is 28.9 Å². The lowest BCUT2D eigenvalue weighted by molar-refractivity contribution is 0.0252. The monoisotopic (exact) mass is 359 g/mol. The van der Waals surface area contributed by atoms with Gasteiger partial charge in [0.15, 0.2) is 0 Å². The van der Waals surface area contributed by atoms with Gasteiger partial charge in [0.2, 0.25) is 0 Å². The molecule has 1 aliphatic rings. The SMILES string of the molecule is CC(C)(C)OC(=O)N1CCCC(Oc2ccc(Cl)c(Cl)c2)CC1. The molecule has 2 rings (SSSR count). The lowest BCUT2D eigenvalue weighted by Crippen LogP contribution is -2.37. The smallest absolute Gasteiger partial charge is 0.410 e. The number of likely N-dealkylation sites (tertiary alicyclic amines) is 1. The van der Waals surface area contributed by atoms with Crippen molar-refractivity contribution in [3.8, 4) is 5.75 Å². The predicted octanol–water partition coefficient (Wildman–Crippen LogP) is 5.16. The van der Waals surface area contributed by atoms with Crippen LogP contribution >= 0.6 is 23.2 Å². The summed E-state index contributed by atoms with van der Waals surface area (Å²) in [6.07, 6.45) is 2.33. The molecule has 0 saturated carbocycles. The van der Waals surface area contributed by atoms with Gasteiger partial charge in [-0.1, -0.05) is 23.2 Å². The maximum atomic E-state index is 12.1. The highest BCUT2D eigenvalue weighted by molar-refractivity contribution is 6.42. The minimum atomic E-state index is -0.473. The highest BCUT2D eigenvalue weighted by atomic mass is 35.5. The predicted molar refractivity (Wildman–Crippen MR) is 92.5 cm³/mol. The molecule has 0 bridgehead atoms. The lowest BCUT2D eigenvalue weighted by Gasteiger charge is -2.26. The van der Waals surface area contributed by atoms with Crippen LogP contribution in [0.25, 0.3) is 0 Å². The normalized spacial score (nSPS) is 19.2. The van der Waals surface area contributed by atoms with Crippen LogP contribution in [-0.2, 0) is 4.74 Å². The molecule has 1 unspecified atom stereocenters. The third kappa shape index (κ3) is 5.78. The highest BCUT2D eigenvalue weighted by Crippen LogP contribution is 2.28. The van der Waals surface area contributed by atoms with Crippen LogP contribution in [0, 0.1) is 0 Å². The van der Waals surface area contributed by atoms with E-state index in [0.717, 1.165) is 19.3 Å². The van der Waals surface area contributed by atoms with Crippen LogP contribution in [0.15, 0.2) is 18.2 Å². The molecule has 0 spiro atoms. The summed E-state index contributed by atoms with van der Waals surface area (Å²) in [6, 6.07) is 5.26. The van der Waals surface area contributed by atoms with Crippen molar-refractivity contribution in [3.63, 3.8) is 0 Å². The molecule has 23 heavy (non-hydrogen) atoms. The van der Waals surface area contributed by atoms with Gasteiger partial charge in [0.1, 0.15) is 17.5 Å². The molecule has 1 atom stereocenters. The summed E-state index contributed by atoms with van der Waals surface area (Å²) in [4.78, 5) is 13.9. The minimum absolute atomic E-state index is 0.0553. The van der Waals surface area contributed by atoms with Crippen molar-refractivity contribution in [3.05, 3.63) is 28.2 Å². The van der Waals surface area contributed by atoms with Gasteiger partial charge in [0, 0.05) is 25.6 Å². The van der Waals surface area contributed by atoms with Gasteiger partial charge in [-0.05, 0) is 45.7 Å². The molecular formula is C17H23Cl2NO3. The van der Waals surface area contributed by atoms with Gasteiger partial charge in [0.05, 0.1) is 10.0 Å². The zero-order valence-electron chi connectivity index (χ0n) is 13.8. The van der Waals surface area contributed by atoms with Crippen molar-refractivity contribution in [1.82, 2.24) is 4.90 Å². The number of amides is 1. The third-order valence-corrected chi connectivity index (χ3v) is 4.26. The van der Waals surface area contributed by atoms with E-state index in [-0.39, 0.29) is 12.2 Å². The van der Waals surface area contributed by atoms with Gasteiger partial charge in [-0.15, -0.1) is 0 Å². The Morgan fingerprint density at radius 3 is 2.57 bits per heavy atom. The highest BCUT2D eigenvalue weighted by Gasteiger charge is 2.25. The number of carbonyl (C=O) groups excluding carboxylic acids is 1. The molecular weight excluding hydrogens is 337 g/mol. The zero-order chi connectivity index (χ0) is 17.0. The first kappa shape index (κ1) is 18.2. The molecule has 0 aliphatic carbocycles. The van der Waals surface area contributed by atoms with E-state index in [9.17, 15) is 4.79 Å². The lowest BCUT2D eigenvalue weighted by atomic mass is 10.1. The number of carbonyl (C=O) groups is 1. The molecule has 1 aromatic carbocycles. The standard InChI is InChI=1S/C17H23Cl2NO3/c1-17(2,3)23-16(21)20-9-4-5-12(8-10-20)22-13-6-7-14(18)15(19)11-13/h6-7,11-12H,4-5,8-10H2,1-3H3. The number of ether oxygens (including phenoxy) is 2. The fourth-order valence-electron chi connectivity index (χ4n) is 2.44. The van der Waals surface area contributed by atoms with E-state index in [4.69, 9.17) is 32.7 Å². The number of benzene rings is 1. The Balaban J connectivity index is 1.90. The first-order valence-electron chi connectivity index (χ1n) is 7.84. The molecule has 0 aromatic heterocycles. The van der Waals surface area contributed by atoms with Crippen LogP contribution in [0.1, 0.15) is 40.0 Å². The van der Waals surface area contributed by atoms with Crippen molar-refractivity contribution in [2.75, 3.05) is 13.1 Å². The Morgan fingerprint density at radius 2 is 1.91 bits per heavy atom.